The largest absolute Gasteiger partial charge is 0.278 e. The SMILES string of the molecule is C#CCN1CC(C#N)CN(CC#N)C1. The minimum atomic E-state index is -0.0366. The van der Waals surface area contributed by atoms with E-state index in [2.05, 4.69) is 18.1 Å². The second-order valence-electron chi connectivity index (χ2n) is 3.35. The number of terminal acetylenes is 1. The standard InChI is InChI=1S/C10H12N4/c1-2-4-13-7-10(6-12)8-14(9-13)5-3-11/h1,10H,4-5,7-9H2. The molecule has 1 heterocycles. The summed E-state index contributed by atoms with van der Waals surface area (Å²) in [5.41, 5.74) is 0. The molecule has 0 spiro atoms. The van der Waals surface area contributed by atoms with Gasteiger partial charge >= 0.3 is 0 Å². The van der Waals surface area contributed by atoms with E-state index in [1.54, 1.807) is 0 Å². The highest BCUT2D eigenvalue weighted by Crippen LogP contribution is 2.10. The second-order valence-corrected chi connectivity index (χ2v) is 3.35. The summed E-state index contributed by atoms with van der Waals surface area (Å²) in [5, 5.41) is 17.4. The molecule has 0 aromatic carbocycles. The Hall–Kier alpha value is -1.54. The average molecular weight is 188 g/mol. The molecule has 4 nitrogen and oxygen atoms in total. The van der Waals surface area contributed by atoms with Crippen LogP contribution in [0.2, 0.25) is 0 Å². The zero-order valence-corrected chi connectivity index (χ0v) is 7.98. The second kappa shape index (κ2) is 5.25. The van der Waals surface area contributed by atoms with Crippen LogP contribution >= 0.6 is 0 Å². The van der Waals surface area contributed by atoms with Crippen molar-refractivity contribution in [3.8, 4) is 24.5 Å². The Bertz CT molecular complexity index is 280. The maximum Gasteiger partial charge on any atom is 0.0876 e. The summed E-state index contributed by atoms with van der Waals surface area (Å²) in [5.74, 6) is 2.52. The van der Waals surface area contributed by atoms with Crippen molar-refractivity contribution in [2.24, 2.45) is 5.92 Å². The first-order chi connectivity index (χ1) is 6.80. The molecule has 0 amide bonds. The lowest BCUT2D eigenvalue weighted by atomic mass is 10.1. The first kappa shape index (κ1) is 10.5. The van der Waals surface area contributed by atoms with Crippen molar-refractivity contribution in [3.63, 3.8) is 0 Å². The molecule has 1 rings (SSSR count). The maximum atomic E-state index is 8.83. The third kappa shape index (κ3) is 2.75. The Morgan fingerprint density at radius 1 is 1.21 bits per heavy atom. The number of nitriles is 2. The Morgan fingerprint density at radius 3 is 2.36 bits per heavy atom. The van der Waals surface area contributed by atoms with Gasteiger partial charge in [-0.3, -0.25) is 9.80 Å². The zero-order chi connectivity index (χ0) is 10.4. The lowest BCUT2D eigenvalue weighted by Gasteiger charge is -2.35. The number of nitrogens with zero attached hydrogens (tertiary/aromatic N) is 4. The smallest absolute Gasteiger partial charge is 0.0876 e. The summed E-state index contributed by atoms with van der Waals surface area (Å²) in [4.78, 5) is 3.95. The van der Waals surface area contributed by atoms with Gasteiger partial charge in [0.25, 0.3) is 0 Å². The first-order valence-corrected chi connectivity index (χ1v) is 4.45. The maximum absolute atomic E-state index is 8.83. The van der Waals surface area contributed by atoms with E-state index in [0.29, 0.717) is 32.8 Å². The van der Waals surface area contributed by atoms with Crippen molar-refractivity contribution >= 4 is 0 Å². The third-order valence-corrected chi connectivity index (χ3v) is 2.15. The highest BCUT2D eigenvalue weighted by atomic mass is 15.3. The number of hydrogen-bond donors (Lipinski definition) is 0. The van der Waals surface area contributed by atoms with E-state index in [-0.39, 0.29) is 5.92 Å². The van der Waals surface area contributed by atoms with Gasteiger partial charge in [0.1, 0.15) is 0 Å². The molecule has 1 fully saturated rings. The quantitative estimate of drug-likeness (QED) is 0.447. The van der Waals surface area contributed by atoms with Crippen molar-refractivity contribution in [1.82, 2.24) is 9.80 Å². The van der Waals surface area contributed by atoms with Gasteiger partial charge in [-0.2, -0.15) is 10.5 Å². The van der Waals surface area contributed by atoms with E-state index in [1.807, 2.05) is 9.80 Å². The van der Waals surface area contributed by atoms with Crippen LogP contribution in [0.15, 0.2) is 0 Å². The summed E-state index contributed by atoms with van der Waals surface area (Å²) >= 11 is 0. The van der Waals surface area contributed by atoms with Gasteiger partial charge in [-0.05, 0) is 0 Å². The van der Waals surface area contributed by atoms with Crippen LogP contribution < -0.4 is 0 Å². The van der Waals surface area contributed by atoms with Crippen LogP contribution in [0, 0.1) is 40.9 Å². The van der Waals surface area contributed by atoms with Crippen molar-refractivity contribution in [3.05, 3.63) is 0 Å². The minimum Gasteiger partial charge on any atom is -0.278 e. The molecule has 0 N–H and O–H groups in total. The zero-order valence-electron chi connectivity index (χ0n) is 7.98. The van der Waals surface area contributed by atoms with Crippen LogP contribution in [0.1, 0.15) is 0 Å². The molecule has 0 aliphatic carbocycles. The van der Waals surface area contributed by atoms with Gasteiger partial charge in [0.2, 0.25) is 0 Å². The Labute approximate surface area is 84.3 Å². The predicted octanol–water partition coefficient (Wildman–Crippen LogP) is -0.142. The molecule has 4 heteroatoms. The summed E-state index contributed by atoms with van der Waals surface area (Å²) in [7, 11) is 0. The van der Waals surface area contributed by atoms with Gasteiger partial charge in [-0.1, -0.05) is 5.92 Å². The van der Waals surface area contributed by atoms with Crippen LogP contribution in [0.25, 0.3) is 0 Å². The fourth-order valence-electron chi connectivity index (χ4n) is 1.62. The van der Waals surface area contributed by atoms with E-state index < -0.39 is 0 Å². The van der Waals surface area contributed by atoms with Gasteiger partial charge in [0.15, 0.2) is 0 Å². The molecule has 1 unspecified atom stereocenters. The first-order valence-electron chi connectivity index (χ1n) is 4.45. The summed E-state index contributed by atoms with van der Waals surface area (Å²) in [6.07, 6.45) is 5.21. The topological polar surface area (TPSA) is 54.1 Å². The molecule has 0 bridgehead atoms. The lowest BCUT2D eigenvalue weighted by Crippen LogP contribution is -2.49. The molecular formula is C10H12N4. The molecule has 0 aromatic heterocycles. The van der Waals surface area contributed by atoms with E-state index in [0.717, 1.165) is 0 Å². The number of hydrogen-bond acceptors (Lipinski definition) is 4. The Balaban J connectivity index is 2.54. The fourth-order valence-corrected chi connectivity index (χ4v) is 1.62. The fraction of sp³-hybridized carbons (Fsp3) is 0.600. The highest BCUT2D eigenvalue weighted by Gasteiger charge is 2.24. The monoisotopic (exact) mass is 188 g/mol. The highest BCUT2D eigenvalue weighted by molar-refractivity contribution is 4.96. The number of rotatable bonds is 2. The lowest BCUT2D eigenvalue weighted by molar-refractivity contribution is 0.0858. The van der Waals surface area contributed by atoms with Gasteiger partial charge < -0.3 is 0 Å². The molecule has 1 atom stereocenters. The Morgan fingerprint density at radius 2 is 1.86 bits per heavy atom. The average Bonchev–Trinajstić information content (AvgIpc) is 2.18. The molecule has 1 aliphatic heterocycles. The molecule has 0 saturated carbocycles. The van der Waals surface area contributed by atoms with E-state index in [1.165, 1.54) is 0 Å². The van der Waals surface area contributed by atoms with Crippen LogP contribution in [0.3, 0.4) is 0 Å². The molecule has 0 aromatic rings. The van der Waals surface area contributed by atoms with Gasteiger partial charge in [0, 0.05) is 13.1 Å². The van der Waals surface area contributed by atoms with Gasteiger partial charge in [-0.15, -0.1) is 6.42 Å². The summed E-state index contributed by atoms with van der Waals surface area (Å²) < 4.78 is 0. The van der Waals surface area contributed by atoms with Gasteiger partial charge in [0.05, 0.1) is 37.8 Å². The van der Waals surface area contributed by atoms with E-state index >= 15 is 0 Å². The van der Waals surface area contributed by atoms with Crippen molar-refractivity contribution in [2.75, 3.05) is 32.8 Å². The van der Waals surface area contributed by atoms with E-state index in [9.17, 15) is 0 Å². The molecule has 72 valence electrons. The van der Waals surface area contributed by atoms with Crippen LogP contribution in [-0.2, 0) is 0 Å². The Kier molecular flexibility index (Phi) is 3.95. The van der Waals surface area contributed by atoms with Crippen molar-refractivity contribution in [1.29, 1.82) is 10.5 Å². The minimum absolute atomic E-state index is 0.0366. The molecule has 1 aliphatic rings. The van der Waals surface area contributed by atoms with Crippen LogP contribution in [0.5, 0.6) is 0 Å². The summed E-state index contributed by atoms with van der Waals surface area (Å²) in [6.45, 7) is 2.98. The molecular weight excluding hydrogens is 176 g/mol. The normalized spacial score (nSPS) is 23.4. The molecule has 14 heavy (non-hydrogen) atoms. The molecule has 1 saturated heterocycles. The predicted molar refractivity (Wildman–Crippen MR) is 51.6 cm³/mol. The van der Waals surface area contributed by atoms with Crippen LogP contribution in [0.4, 0.5) is 0 Å². The van der Waals surface area contributed by atoms with Gasteiger partial charge in [-0.25, -0.2) is 0 Å². The van der Waals surface area contributed by atoms with Crippen LogP contribution in [-0.4, -0.2) is 42.6 Å². The summed E-state index contributed by atoms with van der Waals surface area (Å²) in [6, 6.07) is 4.30. The third-order valence-electron chi connectivity index (χ3n) is 2.15. The van der Waals surface area contributed by atoms with Crippen molar-refractivity contribution < 1.29 is 0 Å². The van der Waals surface area contributed by atoms with Crippen molar-refractivity contribution in [2.45, 2.75) is 0 Å². The molecule has 0 radical (unpaired) electrons. The van der Waals surface area contributed by atoms with E-state index in [4.69, 9.17) is 16.9 Å².